The first-order chi connectivity index (χ1) is 16.6. The molecule has 1 N–H and O–H groups in total. The highest BCUT2D eigenvalue weighted by Gasteiger charge is 2.24. The Morgan fingerprint density at radius 1 is 1.12 bits per heavy atom. The summed E-state index contributed by atoms with van der Waals surface area (Å²) in [5, 5.41) is 7.39. The van der Waals surface area contributed by atoms with Gasteiger partial charge in [-0.25, -0.2) is 4.98 Å². The van der Waals surface area contributed by atoms with E-state index in [0.29, 0.717) is 18.6 Å². The van der Waals surface area contributed by atoms with Gasteiger partial charge < -0.3 is 15.0 Å². The molecule has 34 heavy (non-hydrogen) atoms. The lowest BCUT2D eigenvalue weighted by atomic mass is 9.84. The zero-order valence-corrected chi connectivity index (χ0v) is 20.5. The van der Waals surface area contributed by atoms with Crippen LogP contribution in [0.2, 0.25) is 0 Å². The molecule has 0 radical (unpaired) electrons. The number of amides is 1. The molecule has 0 unspecified atom stereocenters. The Hall–Kier alpha value is -2.41. The van der Waals surface area contributed by atoms with Gasteiger partial charge >= 0.3 is 0 Å². The minimum atomic E-state index is 0.121. The quantitative estimate of drug-likeness (QED) is 0.647. The van der Waals surface area contributed by atoms with Crippen molar-refractivity contribution in [1.82, 2.24) is 25.0 Å². The summed E-state index contributed by atoms with van der Waals surface area (Å²) in [7, 11) is 1.88. The SMILES string of the molecule is Cn1cc(CC(=O)N[C@H]2CC[C@H](CCN3CCc4ccc(OC5CCC5)nc4CC3)CC2)cn1. The molecule has 5 rings (SSSR count). The summed E-state index contributed by atoms with van der Waals surface area (Å²) in [6.07, 6.45) is 16.1. The van der Waals surface area contributed by atoms with Gasteiger partial charge in [-0.1, -0.05) is 6.07 Å². The molecule has 0 saturated heterocycles. The average Bonchev–Trinajstić information content (AvgIpc) is 3.10. The monoisotopic (exact) mass is 465 g/mol. The van der Waals surface area contributed by atoms with E-state index in [1.54, 1.807) is 10.9 Å². The van der Waals surface area contributed by atoms with Crippen molar-refractivity contribution in [1.29, 1.82) is 0 Å². The number of nitrogens with zero attached hydrogens (tertiary/aromatic N) is 4. The number of carbonyl (C=O) groups excluding carboxylic acids is 1. The molecule has 3 aliphatic rings. The van der Waals surface area contributed by atoms with Crippen LogP contribution in [0.4, 0.5) is 0 Å². The topological polar surface area (TPSA) is 72.3 Å². The van der Waals surface area contributed by atoms with E-state index in [0.717, 1.165) is 56.1 Å². The molecule has 0 spiro atoms. The molecule has 184 valence electrons. The number of carbonyl (C=O) groups is 1. The third-order valence-corrected chi connectivity index (χ3v) is 7.93. The number of hydrogen-bond donors (Lipinski definition) is 1. The summed E-state index contributed by atoms with van der Waals surface area (Å²) in [4.78, 5) is 19.8. The van der Waals surface area contributed by atoms with Crippen LogP contribution in [0.3, 0.4) is 0 Å². The number of nitrogens with one attached hydrogen (secondary N) is 1. The molecule has 2 aromatic heterocycles. The maximum Gasteiger partial charge on any atom is 0.224 e. The molecule has 1 aliphatic heterocycles. The summed E-state index contributed by atoms with van der Waals surface area (Å²) in [6, 6.07) is 4.64. The minimum absolute atomic E-state index is 0.121. The largest absolute Gasteiger partial charge is 0.474 e. The molecule has 0 bridgehead atoms. The standard InChI is InChI=1S/C27H39N5O2/c1-31-19-21(18-28-31)17-26(33)29-23-8-5-20(6-9-23)11-14-32-15-12-22-7-10-27(30-25(22)13-16-32)34-24-3-2-4-24/h7,10,18-20,23-24H,2-6,8-9,11-17H2,1H3,(H,29,33)/t20-,23-. The predicted octanol–water partition coefficient (Wildman–Crippen LogP) is 3.45. The van der Waals surface area contributed by atoms with Gasteiger partial charge in [0.15, 0.2) is 0 Å². The van der Waals surface area contributed by atoms with Gasteiger partial charge in [0.05, 0.1) is 12.6 Å². The van der Waals surface area contributed by atoms with E-state index in [9.17, 15) is 4.79 Å². The Morgan fingerprint density at radius 2 is 1.94 bits per heavy atom. The average molecular weight is 466 g/mol. The van der Waals surface area contributed by atoms with Crippen molar-refractivity contribution in [2.24, 2.45) is 13.0 Å². The summed E-state index contributed by atoms with van der Waals surface area (Å²) < 4.78 is 7.76. The Kier molecular flexibility index (Phi) is 7.48. The van der Waals surface area contributed by atoms with Crippen LogP contribution in [0.1, 0.15) is 68.2 Å². The van der Waals surface area contributed by atoms with Crippen LogP contribution in [0.25, 0.3) is 0 Å². The van der Waals surface area contributed by atoms with E-state index in [1.165, 1.54) is 56.3 Å². The van der Waals surface area contributed by atoms with E-state index in [-0.39, 0.29) is 5.91 Å². The molecule has 0 aromatic carbocycles. The number of hydrogen-bond acceptors (Lipinski definition) is 5. The highest BCUT2D eigenvalue weighted by atomic mass is 16.5. The zero-order chi connectivity index (χ0) is 23.3. The molecular formula is C27H39N5O2. The van der Waals surface area contributed by atoms with Gasteiger partial charge in [-0.05, 0) is 81.4 Å². The fourth-order valence-electron chi connectivity index (χ4n) is 5.55. The third-order valence-electron chi connectivity index (χ3n) is 7.93. The van der Waals surface area contributed by atoms with Gasteiger partial charge in [0.2, 0.25) is 11.8 Å². The van der Waals surface area contributed by atoms with Crippen molar-refractivity contribution in [3.63, 3.8) is 0 Å². The zero-order valence-electron chi connectivity index (χ0n) is 20.5. The van der Waals surface area contributed by atoms with Gasteiger partial charge in [0, 0.05) is 50.6 Å². The lowest BCUT2D eigenvalue weighted by Gasteiger charge is -2.30. The van der Waals surface area contributed by atoms with Crippen molar-refractivity contribution >= 4 is 5.91 Å². The number of aromatic nitrogens is 3. The van der Waals surface area contributed by atoms with Crippen molar-refractivity contribution in [2.45, 2.75) is 82.8 Å². The maximum atomic E-state index is 12.4. The lowest BCUT2D eigenvalue weighted by Crippen LogP contribution is -2.39. The summed E-state index contributed by atoms with van der Waals surface area (Å²) in [5.41, 5.74) is 3.61. The van der Waals surface area contributed by atoms with Crippen LogP contribution in [-0.4, -0.2) is 57.4 Å². The predicted molar refractivity (Wildman–Crippen MR) is 132 cm³/mol. The van der Waals surface area contributed by atoms with Gasteiger partial charge in [-0.2, -0.15) is 5.10 Å². The van der Waals surface area contributed by atoms with Gasteiger partial charge in [-0.15, -0.1) is 0 Å². The van der Waals surface area contributed by atoms with Crippen LogP contribution in [0.15, 0.2) is 24.5 Å². The van der Waals surface area contributed by atoms with Crippen LogP contribution in [0.5, 0.6) is 5.88 Å². The van der Waals surface area contributed by atoms with Crippen molar-refractivity contribution < 1.29 is 9.53 Å². The second-order valence-electron chi connectivity index (χ2n) is 10.5. The Balaban J connectivity index is 1.01. The molecule has 7 nitrogen and oxygen atoms in total. The van der Waals surface area contributed by atoms with E-state index in [4.69, 9.17) is 9.72 Å². The normalized spacial score (nSPS) is 23.6. The third kappa shape index (κ3) is 6.17. The second-order valence-corrected chi connectivity index (χ2v) is 10.5. The molecular weight excluding hydrogens is 426 g/mol. The number of fused-ring (bicyclic) bond motifs is 1. The molecule has 2 fully saturated rings. The molecule has 2 aromatic rings. The number of aryl methyl sites for hydroxylation is 1. The van der Waals surface area contributed by atoms with Gasteiger partial charge in [-0.3, -0.25) is 9.48 Å². The molecule has 3 heterocycles. The highest BCUT2D eigenvalue weighted by molar-refractivity contribution is 5.78. The Morgan fingerprint density at radius 3 is 2.68 bits per heavy atom. The Bertz CT molecular complexity index is 962. The fraction of sp³-hybridized carbons (Fsp3) is 0.667. The van der Waals surface area contributed by atoms with E-state index in [1.807, 2.05) is 13.2 Å². The van der Waals surface area contributed by atoms with Crippen LogP contribution >= 0.6 is 0 Å². The van der Waals surface area contributed by atoms with Gasteiger partial charge in [0.25, 0.3) is 0 Å². The Labute approximate surface area is 203 Å². The number of rotatable bonds is 8. The van der Waals surface area contributed by atoms with Crippen molar-refractivity contribution in [3.8, 4) is 5.88 Å². The number of ether oxygens (including phenoxy) is 1. The first-order valence-electron chi connectivity index (χ1n) is 13.3. The maximum absolute atomic E-state index is 12.4. The summed E-state index contributed by atoms with van der Waals surface area (Å²) in [6.45, 7) is 3.38. The molecule has 7 heteroatoms. The van der Waals surface area contributed by atoms with E-state index >= 15 is 0 Å². The molecule has 2 saturated carbocycles. The van der Waals surface area contributed by atoms with Crippen LogP contribution < -0.4 is 10.1 Å². The highest BCUT2D eigenvalue weighted by Crippen LogP contribution is 2.28. The summed E-state index contributed by atoms with van der Waals surface area (Å²) >= 11 is 0. The van der Waals surface area contributed by atoms with Crippen molar-refractivity contribution in [3.05, 3.63) is 41.3 Å². The minimum Gasteiger partial charge on any atom is -0.474 e. The first kappa shape index (κ1) is 23.3. The smallest absolute Gasteiger partial charge is 0.224 e. The van der Waals surface area contributed by atoms with E-state index < -0.39 is 0 Å². The van der Waals surface area contributed by atoms with Crippen LogP contribution in [-0.2, 0) is 31.1 Å². The fourth-order valence-corrected chi connectivity index (χ4v) is 5.55. The van der Waals surface area contributed by atoms with Crippen molar-refractivity contribution in [2.75, 3.05) is 19.6 Å². The van der Waals surface area contributed by atoms with Crippen LogP contribution in [0, 0.1) is 5.92 Å². The van der Waals surface area contributed by atoms with E-state index in [2.05, 4.69) is 27.4 Å². The summed E-state index contributed by atoms with van der Waals surface area (Å²) in [5.74, 6) is 1.72. The molecule has 1 amide bonds. The molecule has 2 aliphatic carbocycles. The number of pyridine rings is 1. The second kappa shape index (κ2) is 10.9. The van der Waals surface area contributed by atoms with Gasteiger partial charge in [0.1, 0.15) is 6.10 Å². The molecule has 0 atom stereocenters. The lowest BCUT2D eigenvalue weighted by molar-refractivity contribution is -0.121. The first-order valence-corrected chi connectivity index (χ1v) is 13.3.